The van der Waals surface area contributed by atoms with E-state index in [-0.39, 0.29) is 33.4 Å². The van der Waals surface area contributed by atoms with Crippen molar-refractivity contribution in [3.8, 4) is 23.0 Å². The van der Waals surface area contributed by atoms with Crippen LogP contribution in [0.5, 0.6) is 23.0 Å². The zero-order valence-corrected chi connectivity index (χ0v) is 30.1. The predicted octanol–water partition coefficient (Wildman–Crippen LogP) is 10.8. The summed E-state index contributed by atoms with van der Waals surface area (Å²) in [5.74, 6) is 2.09. The number of aromatic hydroxyl groups is 2. The van der Waals surface area contributed by atoms with E-state index in [2.05, 4.69) is 116 Å². The van der Waals surface area contributed by atoms with Crippen LogP contribution in [0.1, 0.15) is 75.6 Å². The van der Waals surface area contributed by atoms with Crippen LogP contribution in [0.3, 0.4) is 0 Å². The average molecular weight is 627 g/mol. The van der Waals surface area contributed by atoms with Crippen LogP contribution in [-0.4, -0.2) is 26.8 Å². The standard InChI is InChI=1S/C38H50O4Si2/c1-37(2,3)43(7,8)41-33-23-15-29(16-24-33)35(27-11-19-31(39)20-12-27)36(28-13-21-32(40)22-14-28)30-17-25-34(26-18-30)42-44(9,10)38(4,5)6/h11-26,35-36,39-40H,1-10H3. The second kappa shape index (κ2) is 12.5. The largest absolute Gasteiger partial charge is 0.544 e. The lowest BCUT2D eigenvalue weighted by molar-refractivity contribution is 0.473. The van der Waals surface area contributed by atoms with Crippen LogP contribution >= 0.6 is 0 Å². The van der Waals surface area contributed by atoms with Gasteiger partial charge in [0.2, 0.25) is 16.6 Å². The number of hydrogen-bond donors (Lipinski definition) is 2. The van der Waals surface area contributed by atoms with Crippen LogP contribution in [-0.2, 0) is 0 Å². The second-order valence-electron chi connectivity index (χ2n) is 15.0. The summed E-state index contributed by atoms with van der Waals surface area (Å²) >= 11 is 0. The van der Waals surface area contributed by atoms with Crippen molar-refractivity contribution in [1.29, 1.82) is 0 Å². The summed E-state index contributed by atoms with van der Waals surface area (Å²) in [6, 6.07) is 32.1. The highest BCUT2D eigenvalue weighted by Crippen LogP contribution is 2.45. The molecule has 4 nitrogen and oxygen atoms in total. The van der Waals surface area contributed by atoms with E-state index in [1.165, 1.54) is 0 Å². The Balaban J connectivity index is 1.82. The summed E-state index contributed by atoms with van der Waals surface area (Å²) < 4.78 is 13.2. The quantitative estimate of drug-likeness (QED) is 0.181. The van der Waals surface area contributed by atoms with Crippen molar-refractivity contribution in [2.75, 3.05) is 0 Å². The lowest BCUT2D eigenvalue weighted by Gasteiger charge is -2.37. The molecule has 0 aliphatic rings. The summed E-state index contributed by atoms with van der Waals surface area (Å²) in [5.41, 5.74) is 4.44. The van der Waals surface area contributed by atoms with Gasteiger partial charge in [0.25, 0.3) is 0 Å². The Bertz CT molecular complexity index is 1390. The Morgan fingerprint density at radius 2 is 0.659 bits per heavy atom. The van der Waals surface area contributed by atoms with Gasteiger partial charge >= 0.3 is 0 Å². The molecule has 0 aliphatic carbocycles. The maximum absolute atomic E-state index is 10.2. The third-order valence-corrected chi connectivity index (χ3v) is 18.4. The highest BCUT2D eigenvalue weighted by molar-refractivity contribution is 6.75. The molecule has 0 aliphatic heterocycles. The molecular weight excluding hydrogens is 577 g/mol. The lowest BCUT2D eigenvalue weighted by atomic mass is 9.73. The van der Waals surface area contributed by atoms with Crippen LogP contribution in [0.2, 0.25) is 36.3 Å². The number of phenolic OH excluding ortho intramolecular Hbond substituents is 2. The molecule has 4 rings (SSSR count). The molecule has 0 heterocycles. The fourth-order valence-electron chi connectivity index (χ4n) is 4.90. The van der Waals surface area contributed by atoms with Gasteiger partial charge in [-0.25, -0.2) is 0 Å². The molecule has 0 saturated heterocycles. The van der Waals surface area contributed by atoms with E-state index in [4.69, 9.17) is 8.85 Å². The molecule has 4 aromatic carbocycles. The maximum Gasteiger partial charge on any atom is 0.250 e. The molecule has 2 N–H and O–H groups in total. The van der Waals surface area contributed by atoms with E-state index in [1.807, 2.05) is 24.3 Å². The predicted molar refractivity (Wildman–Crippen MR) is 188 cm³/mol. The third kappa shape index (κ3) is 7.59. The van der Waals surface area contributed by atoms with Gasteiger partial charge < -0.3 is 19.1 Å². The molecule has 0 radical (unpaired) electrons. The molecule has 234 valence electrons. The van der Waals surface area contributed by atoms with Gasteiger partial charge in [0.1, 0.15) is 23.0 Å². The maximum atomic E-state index is 10.2. The first kappa shape index (κ1) is 33.4. The number of phenols is 2. The summed E-state index contributed by atoms with van der Waals surface area (Å²) in [5, 5.41) is 20.5. The number of hydrogen-bond acceptors (Lipinski definition) is 4. The molecule has 0 fully saturated rings. The van der Waals surface area contributed by atoms with Gasteiger partial charge in [0.05, 0.1) is 0 Å². The van der Waals surface area contributed by atoms with Gasteiger partial charge in [0, 0.05) is 11.8 Å². The van der Waals surface area contributed by atoms with Crippen LogP contribution in [0.4, 0.5) is 0 Å². The van der Waals surface area contributed by atoms with Crippen LogP contribution in [0, 0.1) is 0 Å². The Hall–Kier alpha value is -3.49. The lowest BCUT2D eigenvalue weighted by Crippen LogP contribution is -2.43. The van der Waals surface area contributed by atoms with Crippen LogP contribution in [0.15, 0.2) is 97.1 Å². The first-order chi connectivity index (χ1) is 20.4. The van der Waals surface area contributed by atoms with E-state index in [0.29, 0.717) is 0 Å². The molecule has 2 atom stereocenters. The van der Waals surface area contributed by atoms with Gasteiger partial charge in [-0.2, -0.15) is 0 Å². The SMILES string of the molecule is CC(C)(C)[Si](C)(C)Oc1ccc(C(c2ccc(O)cc2)C(c2ccc(O)cc2)c2ccc(O[Si](C)(C)C(C)(C)C)cc2)cc1. The highest BCUT2D eigenvalue weighted by Gasteiger charge is 2.40. The van der Waals surface area contributed by atoms with Crippen molar-refractivity contribution in [3.63, 3.8) is 0 Å². The average Bonchev–Trinajstić information content (AvgIpc) is 2.93. The Kier molecular flexibility index (Phi) is 9.48. The van der Waals surface area contributed by atoms with E-state index in [0.717, 1.165) is 33.8 Å². The molecule has 4 aromatic rings. The zero-order chi connectivity index (χ0) is 32.5. The summed E-state index contributed by atoms with van der Waals surface area (Å²) in [4.78, 5) is 0. The fraction of sp³-hybridized carbons (Fsp3) is 0.368. The molecule has 0 amide bonds. The van der Waals surface area contributed by atoms with E-state index in [1.54, 1.807) is 24.3 Å². The van der Waals surface area contributed by atoms with E-state index >= 15 is 0 Å². The van der Waals surface area contributed by atoms with Crippen LogP contribution < -0.4 is 8.85 Å². The summed E-state index contributed by atoms with van der Waals surface area (Å²) in [7, 11) is -3.98. The van der Waals surface area contributed by atoms with Crippen molar-refractivity contribution >= 4 is 16.6 Å². The Morgan fingerprint density at radius 1 is 0.432 bits per heavy atom. The van der Waals surface area contributed by atoms with Gasteiger partial charge in [-0.05, 0) is 107 Å². The molecule has 0 aromatic heterocycles. The smallest absolute Gasteiger partial charge is 0.250 e. The Morgan fingerprint density at radius 3 is 0.886 bits per heavy atom. The van der Waals surface area contributed by atoms with Crippen molar-refractivity contribution in [1.82, 2.24) is 0 Å². The summed E-state index contributed by atoms with van der Waals surface area (Å²) in [6.07, 6.45) is 0. The summed E-state index contributed by atoms with van der Waals surface area (Å²) in [6.45, 7) is 22.5. The van der Waals surface area contributed by atoms with Gasteiger partial charge in [-0.15, -0.1) is 0 Å². The van der Waals surface area contributed by atoms with Gasteiger partial charge in [0.15, 0.2) is 0 Å². The molecule has 0 bridgehead atoms. The molecule has 0 spiro atoms. The third-order valence-electron chi connectivity index (χ3n) is 9.67. The second-order valence-corrected chi connectivity index (χ2v) is 24.5. The normalized spacial score (nSPS) is 14.1. The minimum absolute atomic E-state index is 0.0748. The molecule has 2 unspecified atom stereocenters. The van der Waals surface area contributed by atoms with Gasteiger partial charge in [-0.3, -0.25) is 0 Å². The zero-order valence-electron chi connectivity index (χ0n) is 28.1. The van der Waals surface area contributed by atoms with Crippen molar-refractivity contribution in [3.05, 3.63) is 119 Å². The monoisotopic (exact) mass is 626 g/mol. The number of benzene rings is 4. The fourth-order valence-corrected chi connectivity index (χ4v) is 6.96. The van der Waals surface area contributed by atoms with Crippen molar-refractivity contribution < 1.29 is 19.1 Å². The number of rotatable bonds is 9. The van der Waals surface area contributed by atoms with E-state index in [9.17, 15) is 10.2 Å². The molecular formula is C38H50O4Si2. The molecule has 6 heteroatoms. The molecule has 44 heavy (non-hydrogen) atoms. The molecule has 0 saturated carbocycles. The first-order valence-corrected chi connectivity index (χ1v) is 21.4. The van der Waals surface area contributed by atoms with Crippen LogP contribution in [0.25, 0.3) is 0 Å². The first-order valence-electron chi connectivity index (χ1n) is 15.5. The minimum Gasteiger partial charge on any atom is -0.544 e. The minimum atomic E-state index is -1.99. The highest BCUT2D eigenvalue weighted by atomic mass is 28.4. The van der Waals surface area contributed by atoms with Crippen molar-refractivity contribution in [2.45, 2.75) is 89.6 Å². The van der Waals surface area contributed by atoms with E-state index < -0.39 is 16.6 Å². The topological polar surface area (TPSA) is 58.9 Å². The van der Waals surface area contributed by atoms with Gasteiger partial charge in [-0.1, -0.05) is 90.1 Å². The Labute approximate surface area is 267 Å². The van der Waals surface area contributed by atoms with Crippen molar-refractivity contribution in [2.24, 2.45) is 0 Å².